The van der Waals surface area contributed by atoms with Gasteiger partial charge in [0.2, 0.25) is 0 Å². The van der Waals surface area contributed by atoms with Gasteiger partial charge in [-0.05, 0) is 11.5 Å². The summed E-state index contributed by atoms with van der Waals surface area (Å²) in [5.74, 6) is 0. The number of allylic oxidation sites excluding steroid dienone is 1. The van der Waals surface area contributed by atoms with Crippen LogP contribution in [0.1, 0.15) is 18.2 Å². The molecule has 0 saturated heterocycles. The third kappa shape index (κ3) is 3.94. The first kappa shape index (κ1) is 18.8. The van der Waals surface area contributed by atoms with Crippen LogP contribution in [0.2, 0.25) is 0 Å². The molecule has 0 aliphatic carbocycles. The molecule has 1 nitrogen and oxygen atoms in total. The maximum Gasteiger partial charge on any atom is 0.166 e. The number of rotatable bonds is 2. The largest absolute Gasteiger partial charge is 0.247 e. The van der Waals surface area contributed by atoms with Crippen LogP contribution in [0, 0.1) is 12.1 Å². The van der Waals surface area contributed by atoms with E-state index >= 15 is 0 Å². The minimum absolute atomic E-state index is 0. The second-order valence-electron chi connectivity index (χ2n) is 4.89. The number of hydrogen-bond donors (Lipinski definition) is 0. The van der Waals surface area contributed by atoms with E-state index in [2.05, 4.69) is 73.3 Å². The fourth-order valence-electron chi connectivity index (χ4n) is 2.34. The van der Waals surface area contributed by atoms with Crippen LogP contribution in [0.3, 0.4) is 0 Å². The average Bonchev–Trinajstić information content (AvgIpc) is 2.51. The number of benzene rings is 2. The second kappa shape index (κ2) is 8.41. The first-order chi connectivity index (χ1) is 9.75. The van der Waals surface area contributed by atoms with Crippen LogP contribution >= 0.6 is 0 Å². The summed E-state index contributed by atoms with van der Waals surface area (Å²) < 4.78 is 2.11. The molecule has 3 heteroatoms. The molecule has 4 radical (unpaired) electrons. The Morgan fingerprint density at radius 1 is 1.05 bits per heavy atom. The fourth-order valence-corrected chi connectivity index (χ4v) is 2.34. The number of pyridine rings is 1. The van der Waals surface area contributed by atoms with Crippen molar-refractivity contribution in [3.05, 3.63) is 84.2 Å². The van der Waals surface area contributed by atoms with Gasteiger partial charge in [-0.25, -0.2) is 21.8 Å². The zero-order valence-corrected chi connectivity index (χ0v) is 15.7. The van der Waals surface area contributed by atoms with E-state index in [9.17, 15) is 0 Å². The van der Waals surface area contributed by atoms with Crippen molar-refractivity contribution in [1.29, 1.82) is 0 Å². The Hall–Kier alpha value is -1.24. The van der Waals surface area contributed by atoms with Crippen molar-refractivity contribution in [3.8, 4) is 0 Å². The van der Waals surface area contributed by atoms with Gasteiger partial charge in [-0.1, -0.05) is 30.5 Å². The Labute approximate surface area is 159 Å². The van der Waals surface area contributed by atoms with Crippen LogP contribution < -0.4 is 4.57 Å². The Kier molecular flexibility index (Phi) is 7.19. The molecule has 104 valence electrons. The van der Waals surface area contributed by atoms with Crippen molar-refractivity contribution in [1.82, 2.24) is 0 Å². The van der Waals surface area contributed by atoms with Gasteiger partial charge in [0.1, 0.15) is 7.05 Å². The van der Waals surface area contributed by atoms with Crippen molar-refractivity contribution >= 4 is 24.8 Å². The second-order valence-corrected chi connectivity index (χ2v) is 4.89. The normalized spacial score (nSPS) is 10.7. The molecule has 0 aliphatic rings. The summed E-state index contributed by atoms with van der Waals surface area (Å²) in [6.45, 7) is 2.08. The molecule has 3 aromatic rings. The fraction of sp³-hybridized carbons (Fsp3) is 0.105. The molecular weight excluding hydrogens is 342 g/mol. The molecule has 0 spiro atoms. The topological polar surface area (TPSA) is 3.88 Å². The Morgan fingerprint density at radius 3 is 2.50 bits per heavy atom. The van der Waals surface area contributed by atoms with E-state index in [1.165, 1.54) is 10.8 Å². The van der Waals surface area contributed by atoms with E-state index in [0.717, 1.165) is 16.8 Å². The predicted octanol–water partition coefficient (Wildman–Crippen LogP) is 3.34. The average molecular weight is 358 g/mol. The SMILES string of the molecule is CC(=[C-]c1c2ccccc2cc[n+]1C)c1[c-]cccc1.[B].[Y]. The summed E-state index contributed by atoms with van der Waals surface area (Å²) in [6, 6.07) is 21.8. The van der Waals surface area contributed by atoms with Crippen LogP contribution in [0.5, 0.6) is 0 Å². The minimum atomic E-state index is 0. The van der Waals surface area contributed by atoms with Crippen molar-refractivity contribution in [2.24, 2.45) is 7.05 Å². The van der Waals surface area contributed by atoms with Gasteiger partial charge >= 0.3 is 0 Å². The summed E-state index contributed by atoms with van der Waals surface area (Å²) >= 11 is 0. The zero-order chi connectivity index (χ0) is 13.9. The molecule has 0 unspecified atom stereocenters. The van der Waals surface area contributed by atoms with Crippen molar-refractivity contribution in [2.75, 3.05) is 0 Å². The number of hydrogen-bond acceptors (Lipinski definition) is 0. The first-order valence-corrected chi connectivity index (χ1v) is 6.71. The third-order valence-electron chi connectivity index (χ3n) is 3.47. The molecule has 0 atom stereocenters. The molecule has 3 rings (SSSR count). The molecule has 2 aromatic carbocycles. The van der Waals surface area contributed by atoms with Crippen molar-refractivity contribution < 1.29 is 37.3 Å². The molecule has 1 heterocycles. The van der Waals surface area contributed by atoms with E-state index in [-0.39, 0.29) is 41.1 Å². The van der Waals surface area contributed by atoms with Crippen LogP contribution in [0.4, 0.5) is 0 Å². The van der Waals surface area contributed by atoms with Crippen LogP contribution in [-0.4, -0.2) is 8.41 Å². The summed E-state index contributed by atoms with van der Waals surface area (Å²) in [6.07, 6.45) is 5.59. The molecule has 0 aliphatic heterocycles. The van der Waals surface area contributed by atoms with Crippen molar-refractivity contribution in [2.45, 2.75) is 6.92 Å². The molecule has 0 bridgehead atoms. The standard InChI is InChI=1S/C19H16N.B.Y/c1-15(16-8-4-3-5-9-16)14-19-18-11-7-6-10-17(18)12-13-20(19)2;;/h3-8,10-13H,1-2H3;;/q-1;;. The predicted molar refractivity (Wildman–Crippen MR) is 87.6 cm³/mol. The number of aromatic nitrogens is 1. The summed E-state index contributed by atoms with van der Waals surface area (Å²) in [4.78, 5) is 0. The number of nitrogens with zero attached hydrogens (tertiary/aromatic N) is 1. The van der Waals surface area contributed by atoms with Crippen LogP contribution in [0.25, 0.3) is 16.3 Å². The van der Waals surface area contributed by atoms with Crippen LogP contribution in [0.15, 0.2) is 60.8 Å². The minimum Gasteiger partial charge on any atom is -0.247 e. The van der Waals surface area contributed by atoms with Gasteiger partial charge in [-0.2, -0.15) is 24.3 Å². The Morgan fingerprint density at radius 2 is 1.77 bits per heavy atom. The summed E-state index contributed by atoms with van der Waals surface area (Å²) in [5.41, 5.74) is 3.27. The smallest absolute Gasteiger partial charge is 0.166 e. The maximum atomic E-state index is 3.52. The summed E-state index contributed by atoms with van der Waals surface area (Å²) in [5, 5.41) is 2.45. The molecule has 0 saturated carbocycles. The van der Waals surface area contributed by atoms with Gasteiger partial charge in [0.15, 0.2) is 6.20 Å². The van der Waals surface area contributed by atoms with Gasteiger partial charge in [0.05, 0.1) is 5.69 Å². The van der Waals surface area contributed by atoms with E-state index in [1.807, 2.05) is 18.2 Å². The first-order valence-electron chi connectivity index (χ1n) is 6.71. The van der Waals surface area contributed by atoms with Gasteiger partial charge < -0.3 is 0 Å². The molecule has 1 aromatic heterocycles. The number of fused-ring (bicyclic) bond motifs is 1. The van der Waals surface area contributed by atoms with E-state index in [4.69, 9.17) is 0 Å². The Balaban J connectivity index is 0.00000121. The van der Waals surface area contributed by atoms with E-state index in [1.54, 1.807) is 0 Å². The zero-order valence-electron chi connectivity index (χ0n) is 12.9. The Bertz CT molecular complexity index is 782. The molecule has 0 N–H and O–H groups in total. The third-order valence-corrected chi connectivity index (χ3v) is 3.47. The monoisotopic (exact) mass is 358 g/mol. The molecule has 22 heavy (non-hydrogen) atoms. The number of aryl methyl sites for hydroxylation is 1. The van der Waals surface area contributed by atoms with Crippen LogP contribution in [-0.2, 0) is 39.8 Å². The van der Waals surface area contributed by atoms with Gasteiger partial charge in [-0.15, -0.1) is 12.1 Å². The molecule has 0 fully saturated rings. The molecule has 0 amide bonds. The van der Waals surface area contributed by atoms with E-state index in [0.29, 0.717) is 0 Å². The van der Waals surface area contributed by atoms with Gasteiger partial charge in [0.25, 0.3) is 0 Å². The van der Waals surface area contributed by atoms with Gasteiger partial charge in [0, 0.05) is 41.1 Å². The maximum absolute atomic E-state index is 3.52. The van der Waals surface area contributed by atoms with E-state index < -0.39 is 0 Å². The molecular formula is C19H16BNY-. The summed E-state index contributed by atoms with van der Waals surface area (Å²) in [7, 11) is 2.05. The quantitative estimate of drug-likeness (QED) is 0.376. The van der Waals surface area contributed by atoms with Crippen molar-refractivity contribution in [3.63, 3.8) is 0 Å². The van der Waals surface area contributed by atoms with Gasteiger partial charge in [-0.3, -0.25) is 0 Å².